The van der Waals surface area contributed by atoms with Gasteiger partial charge in [0.2, 0.25) is 0 Å². The van der Waals surface area contributed by atoms with Crippen molar-refractivity contribution in [3.63, 3.8) is 0 Å². The lowest BCUT2D eigenvalue weighted by Crippen LogP contribution is -2.26. The van der Waals surface area contributed by atoms with Gasteiger partial charge in [0.1, 0.15) is 0 Å². The largest absolute Gasteiger partial charge is 0.459 e. The third-order valence-electron chi connectivity index (χ3n) is 2.09. The minimum Gasteiger partial charge on any atom is -0.459 e. The number of nitrogens with one attached hydrogen (secondary N) is 1. The van der Waals surface area contributed by atoms with E-state index in [-0.39, 0.29) is 5.91 Å². The van der Waals surface area contributed by atoms with E-state index < -0.39 is 0 Å². The van der Waals surface area contributed by atoms with Gasteiger partial charge in [0.25, 0.3) is 5.91 Å². The summed E-state index contributed by atoms with van der Waals surface area (Å²) in [5.41, 5.74) is 0. The van der Waals surface area contributed by atoms with Crippen LogP contribution in [-0.4, -0.2) is 32.7 Å². The van der Waals surface area contributed by atoms with Crippen LogP contribution >= 0.6 is 0 Å². The van der Waals surface area contributed by atoms with E-state index in [0.29, 0.717) is 18.7 Å². The van der Waals surface area contributed by atoms with Crippen molar-refractivity contribution >= 4 is 5.91 Å². The smallest absolute Gasteiger partial charge is 0.286 e. The summed E-state index contributed by atoms with van der Waals surface area (Å²) >= 11 is 0. The van der Waals surface area contributed by atoms with Gasteiger partial charge in [-0.25, -0.2) is 4.68 Å². The van der Waals surface area contributed by atoms with Crippen LogP contribution in [0.15, 0.2) is 22.8 Å². The normalized spacial score (nSPS) is 10.3. The Hall–Kier alpha value is -2.18. The lowest BCUT2D eigenvalue weighted by molar-refractivity contribution is 0.0926. The van der Waals surface area contributed by atoms with Crippen LogP contribution in [0.5, 0.6) is 0 Å². The molecule has 2 aromatic rings. The fourth-order valence-electron chi connectivity index (χ4n) is 1.24. The minimum atomic E-state index is -0.236. The van der Waals surface area contributed by atoms with Gasteiger partial charge in [-0.2, -0.15) is 0 Å². The third-order valence-corrected chi connectivity index (χ3v) is 2.09. The molecule has 0 atom stereocenters. The summed E-state index contributed by atoms with van der Waals surface area (Å²) in [6.45, 7) is 0.466. The lowest BCUT2D eigenvalue weighted by Gasteiger charge is -2.01. The zero-order valence-corrected chi connectivity index (χ0v) is 8.75. The minimum absolute atomic E-state index is 0.236. The first-order valence-corrected chi connectivity index (χ1v) is 4.80. The first-order valence-electron chi connectivity index (χ1n) is 4.80. The number of furan rings is 1. The van der Waals surface area contributed by atoms with Gasteiger partial charge >= 0.3 is 0 Å². The topological polar surface area (TPSA) is 85.8 Å². The van der Waals surface area contributed by atoms with Gasteiger partial charge in [-0.05, 0) is 22.6 Å². The molecule has 0 spiro atoms. The second kappa shape index (κ2) is 4.56. The average molecular weight is 221 g/mol. The lowest BCUT2D eigenvalue weighted by atomic mass is 10.3. The van der Waals surface area contributed by atoms with Gasteiger partial charge in [-0.3, -0.25) is 4.79 Å². The summed E-state index contributed by atoms with van der Waals surface area (Å²) < 4.78 is 6.52. The summed E-state index contributed by atoms with van der Waals surface area (Å²) in [5, 5.41) is 13.7. The van der Waals surface area contributed by atoms with Crippen molar-refractivity contribution in [2.45, 2.75) is 6.42 Å². The van der Waals surface area contributed by atoms with Gasteiger partial charge in [0.05, 0.1) is 6.26 Å². The van der Waals surface area contributed by atoms with E-state index in [9.17, 15) is 4.79 Å². The molecule has 1 amide bonds. The molecule has 0 saturated heterocycles. The highest BCUT2D eigenvalue weighted by molar-refractivity contribution is 5.91. The van der Waals surface area contributed by atoms with Gasteiger partial charge in [-0.1, -0.05) is 0 Å². The van der Waals surface area contributed by atoms with Crippen LogP contribution in [0.3, 0.4) is 0 Å². The maximum Gasteiger partial charge on any atom is 0.286 e. The molecule has 0 radical (unpaired) electrons. The number of amides is 1. The molecule has 0 fully saturated rings. The first-order chi connectivity index (χ1) is 7.77. The summed E-state index contributed by atoms with van der Waals surface area (Å²) in [6.07, 6.45) is 2.04. The van der Waals surface area contributed by atoms with Crippen molar-refractivity contribution in [2.24, 2.45) is 7.05 Å². The second-order valence-electron chi connectivity index (χ2n) is 3.20. The predicted octanol–water partition coefficient (Wildman–Crippen LogP) is -0.224. The molecule has 84 valence electrons. The molecule has 0 aliphatic carbocycles. The predicted molar refractivity (Wildman–Crippen MR) is 53.5 cm³/mol. The standard InChI is InChI=1S/C9H11N5O2/c1-14-8(11-12-13-14)4-5-10-9(15)7-3-2-6-16-7/h2-3,6H,4-5H2,1H3,(H,10,15). The molecule has 0 bridgehead atoms. The molecule has 2 rings (SSSR count). The fraction of sp³-hybridized carbons (Fsp3) is 0.333. The van der Waals surface area contributed by atoms with Crippen LogP contribution in [0.25, 0.3) is 0 Å². The number of aryl methyl sites for hydroxylation is 1. The number of hydrogen-bond acceptors (Lipinski definition) is 5. The van der Waals surface area contributed by atoms with E-state index in [1.54, 1.807) is 23.9 Å². The van der Waals surface area contributed by atoms with E-state index in [2.05, 4.69) is 20.8 Å². The third kappa shape index (κ3) is 2.25. The molecule has 0 aliphatic rings. The van der Waals surface area contributed by atoms with E-state index in [1.165, 1.54) is 6.26 Å². The average Bonchev–Trinajstić information content (AvgIpc) is 2.90. The van der Waals surface area contributed by atoms with Crippen molar-refractivity contribution in [3.05, 3.63) is 30.0 Å². The van der Waals surface area contributed by atoms with Crippen LogP contribution in [0.4, 0.5) is 0 Å². The Bertz CT molecular complexity index is 462. The van der Waals surface area contributed by atoms with Gasteiger partial charge in [-0.15, -0.1) is 5.10 Å². The number of tetrazole rings is 1. The number of aromatic nitrogens is 4. The molecule has 16 heavy (non-hydrogen) atoms. The molecular formula is C9H11N5O2. The maximum absolute atomic E-state index is 11.5. The van der Waals surface area contributed by atoms with Crippen LogP contribution in [-0.2, 0) is 13.5 Å². The summed E-state index contributed by atoms with van der Waals surface area (Å²) in [5.74, 6) is 0.788. The molecule has 2 aromatic heterocycles. The van der Waals surface area contributed by atoms with Gasteiger partial charge < -0.3 is 9.73 Å². The monoisotopic (exact) mass is 221 g/mol. The molecule has 0 aliphatic heterocycles. The zero-order chi connectivity index (χ0) is 11.4. The highest BCUT2D eigenvalue weighted by Gasteiger charge is 2.08. The van der Waals surface area contributed by atoms with E-state index in [0.717, 1.165) is 5.82 Å². The van der Waals surface area contributed by atoms with Crippen molar-refractivity contribution in [1.82, 2.24) is 25.5 Å². The first kappa shape index (κ1) is 10.3. The molecule has 0 saturated carbocycles. The van der Waals surface area contributed by atoms with Crippen molar-refractivity contribution < 1.29 is 9.21 Å². The molecule has 1 N–H and O–H groups in total. The van der Waals surface area contributed by atoms with E-state index >= 15 is 0 Å². The van der Waals surface area contributed by atoms with Crippen molar-refractivity contribution in [1.29, 1.82) is 0 Å². The van der Waals surface area contributed by atoms with E-state index in [1.807, 2.05) is 0 Å². The number of carbonyl (C=O) groups excluding carboxylic acids is 1. The van der Waals surface area contributed by atoms with Crippen LogP contribution in [0.1, 0.15) is 16.4 Å². The Morgan fingerprint density at radius 2 is 2.50 bits per heavy atom. The van der Waals surface area contributed by atoms with E-state index in [4.69, 9.17) is 4.42 Å². The number of carbonyl (C=O) groups is 1. The molecular weight excluding hydrogens is 210 g/mol. The highest BCUT2D eigenvalue weighted by atomic mass is 16.3. The Morgan fingerprint density at radius 1 is 1.62 bits per heavy atom. The highest BCUT2D eigenvalue weighted by Crippen LogP contribution is 1.99. The summed E-state index contributed by atoms with van der Waals surface area (Å²) in [4.78, 5) is 11.5. The van der Waals surface area contributed by atoms with Gasteiger partial charge in [0.15, 0.2) is 11.6 Å². The SMILES string of the molecule is Cn1nnnc1CCNC(=O)c1ccco1. The number of nitrogens with zero attached hydrogens (tertiary/aromatic N) is 4. The molecule has 0 unspecified atom stereocenters. The summed E-state index contributed by atoms with van der Waals surface area (Å²) in [7, 11) is 1.75. The maximum atomic E-state index is 11.5. The molecule has 7 nitrogen and oxygen atoms in total. The summed E-state index contributed by atoms with van der Waals surface area (Å²) in [6, 6.07) is 3.28. The van der Waals surface area contributed by atoms with Crippen LogP contribution in [0.2, 0.25) is 0 Å². The Kier molecular flexibility index (Phi) is 2.95. The van der Waals surface area contributed by atoms with Crippen molar-refractivity contribution in [3.8, 4) is 0 Å². The van der Waals surface area contributed by atoms with Crippen molar-refractivity contribution in [2.75, 3.05) is 6.54 Å². The second-order valence-corrected chi connectivity index (χ2v) is 3.20. The molecule has 7 heteroatoms. The molecule has 0 aromatic carbocycles. The van der Waals surface area contributed by atoms with Crippen LogP contribution in [0, 0.1) is 0 Å². The Labute approximate surface area is 91.4 Å². The van der Waals surface area contributed by atoms with Crippen LogP contribution < -0.4 is 5.32 Å². The van der Waals surface area contributed by atoms with Gasteiger partial charge in [0, 0.05) is 20.0 Å². The molecule has 2 heterocycles. The fourth-order valence-corrected chi connectivity index (χ4v) is 1.24. The number of rotatable bonds is 4. The quantitative estimate of drug-likeness (QED) is 0.771. The number of hydrogen-bond donors (Lipinski definition) is 1. The Balaban J connectivity index is 1.81. The zero-order valence-electron chi connectivity index (χ0n) is 8.75. The Morgan fingerprint density at radius 3 is 3.12 bits per heavy atom.